The smallest absolute Gasteiger partial charge is 0.416 e. The van der Waals surface area contributed by atoms with Gasteiger partial charge in [0.05, 0.1) is 42.3 Å². The molecule has 198 valence electrons. The van der Waals surface area contributed by atoms with Crippen LogP contribution in [-0.2, 0) is 15.8 Å². The number of esters is 1. The number of amides is 2. The van der Waals surface area contributed by atoms with E-state index in [0.29, 0.717) is 17.4 Å². The minimum atomic E-state index is -4.67. The number of ether oxygens (including phenoxy) is 3. The summed E-state index contributed by atoms with van der Waals surface area (Å²) in [5, 5.41) is 5.45. The fourth-order valence-corrected chi connectivity index (χ4v) is 3.09. The van der Waals surface area contributed by atoms with E-state index in [1.54, 1.807) is 12.1 Å². The van der Waals surface area contributed by atoms with Gasteiger partial charge in [-0.3, -0.25) is 9.59 Å². The second-order valence-corrected chi connectivity index (χ2v) is 7.78. The molecule has 0 saturated heterocycles. The van der Waals surface area contributed by atoms with Gasteiger partial charge in [-0.15, -0.1) is 0 Å². The van der Waals surface area contributed by atoms with Gasteiger partial charge in [0.25, 0.3) is 0 Å². The molecule has 0 aliphatic rings. The molecule has 3 aromatic carbocycles. The molecule has 0 bridgehead atoms. The number of hydrogen-bond donors (Lipinski definition) is 2. The summed E-state index contributed by atoms with van der Waals surface area (Å²) in [6.45, 7) is 0. The van der Waals surface area contributed by atoms with E-state index in [2.05, 4.69) is 5.10 Å². The molecule has 0 unspecified atom stereocenters. The average Bonchev–Trinajstić information content (AvgIpc) is 2.89. The van der Waals surface area contributed by atoms with Crippen LogP contribution in [0.4, 0.5) is 18.9 Å². The number of halogens is 4. The first-order valence-corrected chi connectivity index (χ1v) is 10.9. The zero-order valence-corrected chi connectivity index (χ0v) is 20.5. The van der Waals surface area contributed by atoms with Gasteiger partial charge >= 0.3 is 24.0 Å². The number of hydrazone groups is 1. The molecule has 9 nitrogen and oxygen atoms in total. The van der Waals surface area contributed by atoms with Gasteiger partial charge < -0.3 is 19.5 Å². The molecule has 38 heavy (non-hydrogen) atoms. The molecule has 2 amide bonds. The third-order valence-electron chi connectivity index (χ3n) is 4.84. The lowest BCUT2D eigenvalue weighted by atomic mass is 10.2. The number of methoxy groups -OCH3 is 2. The van der Waals surface area contributed by atoms with Crippen molar-refractivity contribution < 1.29 is 41.8 Å². The van der Waals surface area contributed by atoms with Crippen molar-refractivity contribution in [3.8, 4) is 17.2 Å². The number of alkyl halides is 3. The zero-order chi connectivity index (χ0) is 27.9. The first-order chi connectivity index (χ1) is 18.0. The summed E-state index contributed by atoms with van der Waals surface area (Å²) in [5.41, 5.74) is 1.18. The summed E-state index contributed by atoms with van der Waals surface area (Å²) in [6, 6.07) is 13.0. The second-order valence-electron chi connectivity index (χ2n) is 7.37. The standard InChI is InChI=1S/C25H19ClF3N3O6/c1-36-17-7-4-15(5-8-17)24(35)38-20-10-3-14(11-21(20)37-2)13-30-32-23(34)22(33)31-19-12-16(25(27,28)29)6-9-18(19)26/h3-13H,1-2H3,(H,31,33)(H,32,34)/b30-13+. The number of carbonyl (C=O) groups excluding carboxylic acids is 3. The Hall–Kier alpha value is -4.58. The number of anilines is 1. The van der Waals surface area contributed by atoms with Gasteiger partial charge in [0.1, 0.15) is 5.75 Å². The van der Waals surface area contributed by atoms with E-state index in [1.807, 2.05) is 10.7 Å². The van der Waals surface area contributed by atoms with Crippen LogP contribution in [0.1, 0.15) is 21.5 Å². The zero-order valence-electron chi connectivity index (χ0n) is 19.8. The van der Waals surface area contributed by atoms with Crippen LogP contribution in [0.15, 0.2) is 65.8 Å². The van der Waals surface area contributed by atoms with Crippen LogP contribution in [-0.4, -0.2) is 38.2 Å². The number of nitrogens with one attached hydrogen (secondary N) is 2. The van der Waals surface area contributed by atoms with Crippen LogP contribution in [0.25, 0.3) is 0 Å². The molecule has 0 atom stereocenters. The summed E-state index contributed by atoms with van der Waals surface area (Å²) in [6.07, 6.45) is -3.50. The van der Waals surface area contributed by atoms with E-state index in [4.69, 9.17) is 25.8 Å². The SMILES string of the molecule is COc1ccc(C(=O)Oc2ccc(/C=N/NC(=O)C(=O)Nc3cc(C(F)(F)F)ccc3Cl)cc2OC)cc1. The maximum absolute atomic E-state index is 12.9. The predicted octanol–water partition coefficient (Wildman–Crippen LogP) is 4.68. The van der Waals surface area contributed by atoms with Gasteiger partial charge in [-0.1, -0.05) is 11.6 Å². The van der Waals surface area contributed by atoms with Crippen LogP contribution in [0.3, 0.4) is 0 Å². The van der Waals surface area contributed by atoms with Gasteiger partial charge in [0, 0.05) is 0 Å². The number of carbonyl (C=O) groups is 3. The van der Waals surface area contributed by atoms with Gasteiger partial charge in [0.15, 0.2) is 11.5 Å². The lowest BCUT2D eigenvalue weighted by Crippen LogP contribution is -2.32. The second kappa shape index (κ2) is 12.1. The summed E-state index contributed by atoms with van der Waals surface area (Å²) in [5.74, 6) is -2.31. The largest absolute Gasteiger partial charge is 0.497 e. The fourth-order valence-electron chi connectivity index (χ4n) is 2.93. The number of rotatable bonds is 7. The van der Waals surface area contributed by atoms with Crippen molar-refractivity contribution >= 4 is 41.3 Å². The van der Waals surface area contributed by atoms with Gasteiger partial charge in [-0.2, -0.15) is 18.3 Å². The van der Waals surface area contributed by atoms with Crippen LogP contribution >= 0.6 is 11.6 Å². The highest BCUT2D eigenvalue weighted by Crippen LogP contribution is 2.34. The molecule has 0 spiro atoms. The first-order valence-electron chi connectivity index (χ1n) is 10.6. The average molecular weight is 550 g/mol. The van der Waals surface area contributed by atoms with Crippen LogP contribution in [0.5, 0.6) is 17.2 Å². The van der Waals surface area contributed by atoms with Crippen molar-refractivity contribution in [2.24, 2.45) is 5.10 Å². The van der Waals surface area contributed by atoms with Crippen LogP contribution in [0, 0.1) is 0 Å². The molecule has 0 fully saturated rings. The Kier molecular flexibility index (Phi) is 8.92. The molecule has 3 rings (SSSR count). The highest BCUT2D eigenvalue weighted by atomic mass is 35.5. The molecule has 2 N–H and O–H groups in total. The van der Waals surface area contributed by atoms with Crippen molar-refractivity contribution in [1.29, 1.82) is 0 Å². The molecule has 0 aromatic heterocycles. The molecular formula is C25H19ClF3N3O6. The number of benzene rings is 3. The lowest BCUT2D eigenvalue weighted by molar-refractivity contribution is -0.137. The van der Waals surface area contributed by atoms with Gasteiger partial charge in [-0.25, -0.2) is 10.2 Å². The third-order valence-corrected chi connectivity index (χ3v) is 5.17. The molecule has 13 heteroatoms. The Morgan fingerprint density at radius 1 is 0.895 bits per heavy atom. The topological polar surface area (TPSA) is 115 Å². The lowest BCUT2D eigenvalue weighted by Gasteiger charge is -2.11. The van der Waals surface area contributed by atoms with Gasteiger partial charge in [-0.05, 0) is 66.2 Å². The van der Waals surface area contributed by atoms with E-state index < -0.39 is 35.2 Å². The van der Waals surface area contributed by atoms with Crippen molar-refractivity contribution in [2.75, 3.05) is 19.5 Å². The molecule has 0 radical (unpaired) electrons. The first kappa shape index (κ1) is 28.0. The highest BCUT2D eigenvalue weighted by molar-refractivity contribution is 6.41. The summed E-state index contributed by atoms with van der Waals surface area (Å²) >= 11 is 5.81. The molecule has 3 aromatic rings. The molecule has 0 saturated carbocycles. The Morgan fingerprint density at radius 2 is 1.61 bits per heavy atom. The van der Waals surface area contributed by atoms with E-state index in [0.717, 1.165) is 12.1 Å². The number of nitrogens with zero attached hydrogens (tertiary/aromatic N) is 1. The Morgan fingerprint density at radius 3 is 2.24 bits per heavy atom. The van der Waals surface area contributed by atoms with Crippen LogP contribution < -0.4 is 25.0 Å². The minimum absolute atomic E-state index is 0.117. The number of hydrogen-bond acceptors (Lipinski definition) is 7. The minimum Gasteiger partial charge on any atom is -0.497 e. The molecule has 0 aliphatic heterocycles. The Balaban J connectivity index is 1.62. The quantitative estimate of drug-likeness (QED) is 0.145. The maximum Gasteiger partial charge on any atom is 0.416 e. The van der Waals surface area contributed by atoms with E-state index in [1.165, 1.54) is 50.8 Å². The predicted molar refractivity (Wildman–Crippen MR) is 132 cm³/mol. The van der Waals surface area contributed by atoms with E-state index >= 15 is 0 Å². The van der Waals surface area contributed by atoms with Crippen molar-refractivity contribution in [1.82, 2.24) is 5.43 Å². The third kappa shape index (κ3) is 7.23. The Bertz CT molecular complexity index is 1380. The summed E-state index contributed by atoms with van der Waals surface area (Å²) < 4.78 is 54.3. The highest BCUT2D eigenvalue weighted by Gasteiger charge is 2.31. The van der Waals surface area contributed by atoms with Crippen molar-refractivity contribution in [2.45, 2.75) is 6.18 Å². The van der Waals surface area contributed by atoms with Crippen molar-refractivity contribution in [3.63, 3.8) is 0 Å². The van der Waals surface area contributed by atoms with Gasteiger partial charge in [0.2, 0.25) is 0 Å². The fraction of sp³-hybridized carbons (Fsp3) is 0.120. The van der Waals surface area contributed by atoms with Crippen molar-refractivity contribution in [3.05, 3.63) is 82.4 Å². The van der Waals surface area contributed by atoms with Crippen LogP contribution in [0.2, 0.25) is 5.02 Å². The molecular weight excluding hydrogens is 531 g/mol. The maximum atomic E-state index is 12.9. The Labute approximate surface area is 219 Å². The molecule has 0 aliphatic carbocycles. The monoisotopic (exact) mass is 549 g/mol. The van der Waals surface area contributed by atoms with E-state index in [9.17, 15) is 27.6 Å². The molecule has 0 heterocycles. The normalized spacial score (nSPS) is 11.1. The van der Waals surface area contributed by atoms with E-state index in [-0.39, 0.29) is 22.1 Å². The summed E-state index contributed by atoms with van der Waals surface area (Å²) in [4.78, 5) is 36.5. The summed E-state index contributed by atoms with van der Waals surface area (Å²) in [7, 11) is 2.85.